The maximum Gasteiger partial charge on any atom is 0.246 e. The summed E-state index contributed by atoms with van der Waals surface area (Å²) >= 11 is 12.8. The highest BCUT2D eigenvalue weighted by molar-refractivity contribution is 8.93. The molecule has 53 heavy (non-hydrogen) atoms. The van der Waals surface area contributed by atoms with Crippen LogP contribution in [0.4, 0.5) is 0 Å². The van der Waals surface area contributed by atoms with E-state index < -0.39 is 0 Å². The second-order valence-corrected chi connectivity index (χ2v) is 14.0. The molecule has 0 unspecified atom stereocenters. The Balaban J connectivity index is 0.00000541. The lowest BCUT2D eigenvalue weighted by Gasteiger charge is -2.34. The Bertz CT molecular complexity index is 1980. The number of carbonyl (C=O) groups excluding carboxylic acids is 1. The Morgan fingerprint density at radius 1 is 0.811 bits per heavy atom. The Morgan fingerprint density at radius 3 is 2.17 bits per heavy atom. The summed E-state index contributed by atoms with van der Waals surface area (Å²) in [6.45, 7) is 11.0. The zero-order valence-electron chi connectivity index (χ0n) is 30.1. The van der Waals surface area contributed by atoms with Crippen LogP contribution in [0.1, 0.15) is 53.1 Å². The molecule has 1 saturated heterocycles. The number of benzene rings is 4. The number of hydrogen-bond acceptors (Lipinski definition) is 6. The maximum atomic E-state index is 13.1. The fourth-order valence-corrected chi connectivity index (χ4v) is 6.24. The van der Waals surface area contributed by atoms with Gasteiger partial charge in [0.25, 0.3) is 0 Å². The Morgan fingerprint density at radius 2 is 1.49 bits per heavy atom. The molecule has 0 saturated carbocycles. The molecule has 10 heteroatoms. The molecule has 1 amide bonds. The summed E-state index contributed by atoms with van der Waals surface area (Å²) < 4.78 is 17.8. The zero-order valence-corrected chi connectivity index (χ0v) is 33.4. The van der Waals surface area contributed by atoms with Gasteiger partial charge in [0.2, 0.25) is 11.8 Å². The van der Waals surface area contributed by atoms with E-state index >= 15 is 0 Å². The number of nitrogens with zero attached hydrogens (tertiary/aromatic N) is 3. The Kier molecular flexibility index (Phi) is 14.4. The van der Waals surface area contributed by atoms with Crippen molar-refractivity contribution in [2.75, 3.05) is 26.2 Å². The Hall–Kier alpha value is -4.34. The highest BCUT2D eigenvalue weighted by Gasteiger charge is 2.20. The number of carbonyl (C=O) groups is 1. The fraction of sp³-hybridized carbons (Fsp3) is 0.256. The van der Waals surface area contributed by atoms with Crippen LogP contribution in [0.15, 0.2) is 109 Å². The molecule has 1 aliphatic heterocycles. The third-order valence-corrected chi connectivity index (χ3v) is 9.74. The van der Waals surface area contributed by atoms with E-state index in [1.807, 2.05) is 54.3 Å². The molecule has 1 fully saturated rings. The molecule has 0 bridgehead atoms. The number of ether oxygens (including phenoxy) is 3. The van der Waals surface area contributed by atoms with Crippen LogP contribution in [0.5, 0.6) is 23.1 Å². The molecule has 0 radical (unpaired) electrons. The predicted molar refractivity (Wildman–Crippen MR) is 219 cm³/mol. The van der Waals surface area contributed by atoms with E-state index in [0.29, 0.717) is 59.6 Å². The number of halogens is 3. The second-order valence-electron chi connectivity index (χ2n) is 13.2. The SMILES string of the molecule is Br.Cc1cc(/C=C/C(=O)N2CCN(Cc3ccc(COc4ccc(C(C)C)cc4)cc3)CC2)c(Cl)cc1Oc1ccc(OCc2ccccc2Cl)cn1. The van der Waals surface area contributed by atoms with Crippen molar-refractivity contribution in [1.82, 2.24) is 14.8 Å². The largest absolute Gasteiger partial charge is 0.489 e. The van der Waals surface area contributed by atoms with Gasteiger partial charge in [-0.05, 0) is 77.1 Å². The molecule has 5 aromatic rings. The number of hydrogen-bond donors (Lipinski definition) is 0. The highest BCUT2D eigenvalue weighted by atomic mass is 79.9. The molecule has 4 aromatic carbocycles. The smallest absolute Gasteiger partial charge is 0.246 e. The second kappa shape index (κ2) is 19.1. The summed E-state index contributed by atoms with van der Waals surface area (Å²) in [6.07, 6.45) is 4.97. The minimum Gasteiger partial charge on any atom is -0.489 e. The Labute approximate surface area is 332 Å². The third-order valence-electron chi connectivity index (χ3n) is 9.04. The van der Waals surface area contributed by atoms with Crippen LogP contribution in [0.3, 0.4) is 0 Å². The van der Waals surface area contributed by atoms with Gasteiger partial charge in [0, 0.05) is 61.5 Å². The molecule has 276 valence electrons. The monoisotopic (exact) mass is 815 g/mol. The number of aryl methyl sites for hydroxylation is 1. The first-order chi connectivity index (χ1) is 25.2. The van der Waals surface area contributed by atoms with Crippen molar-refractivity contribution in [3.63, 3.8) is 0 Å². The van der Waals surface area contributed by atoms with Crippen molar-refractivity contribution in [3.8, 4) is 23.1 Å². The molecule has 2 heterocycles. The van der Waals surface area contributed by atoms with Gasteiger partial charge in [-0.15, -0.1) is 17.0 Å². The van der Waals surface area contributed by atoms with Crippen LogP contribution < -0.4 is 14.2 Å². The average Bonchev–Trinajstić information content (AvgIpc) is 3.16. The van der Waals surface area contributed by atoms with Gasteiger partial charge < -0.3 is 19.1 Å². The normalized spacial score (nSPS) is 13.2. The van der Waals surface area contributed by atoms with E-state index in [0.717, 1.165) is 47.6 Å². The summed E-state index contributed by atoms with van der Waals surface area (Å²) in [5, 5.41) is 1.14. The summed E-state index contributed by atoms with van der Waals surface area (Å²) in [6, 6.07) is 31.6. The van der Waals surface area contributed by atoms with Crippen LogP contribution in [0.2, 0.25) is 10.0 Å². The van der Waals surface area contributed by atoms with Crippen molar-refractivity contribution in [2.24, 2.45) is 0 Å². The minimum atomic E-state index is -0.0297. The van der Waals surface area contributed by atoms with E-state index in [1.165, 1.54) is 11.1 Å². The van der Waals surface area contributed by atoms with Crippen LogP contribution in [-0.4, -0.2) is 46.9 Å². The lowest BCUT2D eigenvalue weighted by atomic mass is 10.0. The standard InChI is InChI=1S/C43H43Cl2N3O4.BrH/c1-30(2)34-12-15-37(16-13-34)50-28-33-10-8-32(9-11-33)27-47-20-22-48(23-21-47)43(49)19-14-35-24-31(3)41(25-40(35)45)52-42-18-17-38(26-46-42)51-29-36-6-4-5-7-39(36)44;/h4-19,24-26,30H,20-23,27-29H2,1-3H3;1H/b19-14+;. The van der Waals surface area contributed by atoms with E-state index in [2.05, 4.69) is 60.1 Å². The maximum absolute atomic E-state index is 13.1. The van der Waals surface area contributed by atoms with Gasteiger partial charge in [-0.3, -0.25) is 9.69 Å². The van der Waals surface area contributed by atoms with E-state index in [9.17, 15) is 4.79 Å². The molecule has 6 rings (SSSR count). The predicted octanol–water partition coefficient (Wildman–Crippen LogP) is 10.7. The van der Waals surface area contributed by atoms with Gasteiger partial charge in [-0.1, -0.05) is 91.6 Å². The van der Waals surface area contributed by atoms with Gasteiger partial charge in [0.1, 0.15) is 30.5 Å². The number of piperazine rings is 1. The van der Waals surface area contributed by atoms with Gasteiger partial charge in [0.05, 0.1) is 11.2 Å². The molecule has 0 spiro atoms. The molecule has 7 nitrogen and oxygen atoms in total. The first-order valence-electron chi connectivity index (χ1n) is 17.5. The van der Waals surface area contributed by atoms with Crippen molar-refractivity contribution in [2.45, 2.75) is 46.4 Å². The molecule has 0 atom stereocenters. The fourth-order valence-electron chi connectivity index (χ4n) is 5.83. The third kappa shape index (κ3) is 11.3. The molecular formula is C43H44BrCl2N3O4. The number of rotatable bonds is 13. The molecular weight excluding hydrogens is 773 g/mol. The van der Waals surface area contributed by atoms with Crippen LogP contribution in [0.25, 0.3) is 6.08 Å². The number of aromatic nitrogens is 1. The van der Waals surface area contributed by atoms with Crippen LogP contribution >= 0.6 is 40.2 Å². The summed E-state index contributed by atoms with van der Waals surface area (Å²) in [5.74, 6) is 2.95. The number of amides is 1. The zero-order chi connectivity index (χ0) is 36.5. The van der Waals surface area contributed by atoms with Gasteiger partial charge in [0.15, 0.2) is 0 Å². The first-order valence-corrected chi connectivity index (χ1v) is 18.3. The lowest BCUT2D eigenvalue weighted by Crippen LogP contribution is -2.47. The van der Waals surface area contributed by atoms with Crippen molar-refractivity contribution in [1.29, 1.82) is 0 Å². The van der Waals surface area contributed by atoms with Gasteiger partial charge >= 0.3 is 0 Å². The van der Waals surface area contributed by atoms with Crippen LogP contribution in [-0.2, 0) is 24.6 Å². The molecule has 1 aromatic heterocycles. The van der Waals surface area contributed by atoms with E-state index in [4.69, 9.17) is 37.4 Å². The van der Waals surface area contributed by atoms with E-state index in [-0.39, 0.29) is 22.9 Å². The van der Waals surface area contributed by atoms with Gasteiger partial charge in [-0.2, -0.15) is 0 Å². The highest BCUT2D eigenvalue weighted by Crippen LogP contribution is 2.31. The molecule has 0 N–H and O–H groups in total. The lowest BCUT2D eigenvalue weighted by molar-refractivity contribution is -0.127. The number of pyridine rings is 1. The summed E-state index contributed by atoms with van der Waals surface area (Å²) in [7, 11) is 0. The quantitative estimate of drug-likeness (QED) is 0.110. The molecule has 0 aliphatic carbocycles. The van der Waals surface area contributed by atoms with Crippen molar-refractivity contribution >= 4 is 52.2 Å². The summed E-state index contributed by atoms with van der Waals surface area (Å²) in [4.78, 5) is 21.7. The van der Waals surface area contributed by atoms with Crippen molar-refractivity contribution < 1.29 is 19.0 Å². The van der Waals surface area contributed by atoms with Gasteiger partial charge in [-0.25, -0.2) is 4.98 Å². The first kappa shape index (κ1) is 39.9. The average molecular weight is 818 g/mol. The topological polar surface area (TPSA) is 64.1 Å². The summed E-state index contributed by atoms with van der Waals surface area (Å²) in [5.41, 5.74) is 6.19. The van der Waals surface area contributed by atoms with Crippen molar-refractivity contribution in [3.05, 3.63) is 153 Å². The van der Waals surface area contributed by atoms with E-state index in [1.54, 1.807) is 36.5 Å². The minimum absolute atomic E-state index is 0. The van der Waals surface area contributed by atoms with Crippen LogP contribution in [0, 0.1) is 6.92 Å². The molecule has 1 aliphatic rings.